The molecule has 1 unspecified atom stereocenters. The van der Waals surface area contributed by atoms with E-state index >= 15 is 0 Å². The molecule has 0 aliphatic heterocycles. The van der Waals surface area contributed by atoms with Crippen molar-refractivity contribution in [2.75, 3.05) is 26.4 Å². The summed E-state index contributed by atoms with van der Waals surface area (Å²) in [6.45, 7) is 3.75. The van der Waals surface area contributed by atoms with Crippen molar-refractivity contribution in [2.24, 2.45) is 5.73 Å². The summed E-state index contributed by atoms with van der Waals surface area (Å²) in [5.74, 6) is -0.818. The molecule has 0 rings (SSSR count). The highest BCUT2D eigenvalue weighted by atomic mass is 31.2. The smallest absolute Gasteiger partial charge is 0.462 e. The van der Waals surface area contributed by atoms with Crippen molar-refractivity contribution in [3.63, 3.8) is 0 Å². The van der Waals surface area contributed by atoms with Crippen LogP contribution in [-0.4, -0.2) is 49.3 Å². The number of phosphoric acid groups is 1. The van der Waals surface area contributed by atoms with Crippen LogP contribution in [0.1, 0.15) is 226 Å². The molecule has 2 atom stereocenters. The topological polar surface area (TPSA) is 134 Å². The van der Waals surface area contributed by atoms with E-state index in [4.69, 9.17) is 24.3 Å². The zero-order chi connectivity index (χ0) is 39.6. The Labute approximate surface area is 332 Å². The minimum Gasteiger partial charge on any atom is -0.462 e. The van der Waals surface area contributed by atoms with Crippen molar-refractivity contribution in [1.82, 2.24) is 0 Å². The van der Waals surface area contributed by atoms with E-state index < -0.39 is 26.5 Å². The molecule has 0 saturated heterocycles. The van der Waals surface area contributed by atoms with Crippen LogP contribution in [0.3, 0.4) is 0 Å². The van der Waals surface area contributed by atoms with E-state index in [0.717, 1.165) is 38.5 Å². The SMILES string of the molecule is CCCCCC/C=C/CCCCCCCCCCCC(=O)O[C@H](COC(=O)CCCCCCCCCCCCCCCCCC)COP(=O)(O)OCCN. The van der Waals surface area contributed by atoms with Gasteiger partial charge in [-0.2, -0.15) is 0 Å². The number of allylic oxidation sites excluding steroid dienone is 2. The Morgan fingerprint density at radius 2 is 0.907 bits per heavy atom. The molecule has 0 saturated carbocycles. The second-order valence-electron chi connectivity index (χ2n) is 15.3. The third-order valence-electron chi connectivity index (χ3n) is 9.90. The Morgan fingerprint density at radius 1 is 0.537 bits per heavy atom. The number of phosphoric ester groups is 1. The molecule has 9 nitrogen and oxygen atoms in total. The Balaban J connectivity index is 4.09. The van der Waals surface area contributed by atoms with E-state index in [1.165, 1.54) is 154 Å². The van der Waals surface area contributed by atoms with Gasteiger partial charge in [0.05, 0.1) is 13.2 Å². The van der Waals surface area contributed by atoms with Crippen LogP contribution in [0.5, 0.6) is 0 Å². The second kappa shape index (κ2) is 41.4. The van der Waals surface area contributed by atoms with Gasteiger partial charge in [0, 0.05) is 19.4 Å². The predicted molar refractivity (Wildman–Crippen MR) is 224 cm³/mol. The lowest BCUT2D eigenvalue weighted by Crippen LogP contribution is -2.29. The van der Waals surface area contributed by atoms with Crippen molar-refractivity contribution < 1.29 is 37.6 Å². The fourth-order valence-electron chi connectivity index (χ4n) is 6.51. The lowest BCUT2D eigenvalue weighted by atomic mass is 10.0. The highest BCUT2D eigenvalue weighted by Crippen LogP contribution is 2.43. The van der Waals surface area contributed by atoms with Crippen molar-refractivity contribution in [3.05, 3.63) is 12.2 Å². The van der Waals surface area contributed by atoms with Gasteiger partial charge in [-0.3, -0.25) is 18.6 Å². The van der Waals surface area contributed by atoms with Crippen LogP contribution >= 0.6 is 7.82 Å². The lowest BCUT2D eigenvalue weighted by molar-refractivity contribution is -0.161. The number of nitrogens with two attached hydrogens (primary N) is 1. The molecule has 0 aromatic carbocycles. The van der Waals surface area contributed by atoms with Gasteiger partial charge in [-0.1, -0.05) is 187 Å². The first-order valence-corrected chi connectivity index (χ1v) is 24.2. The first kappa shape index (κ1) is 52.8. The van der Waals surface area contributed by atoms with Gasteiger partial charge in [-0.15, -0.1) is 0 Å². The third kappa shape index (κ3) is 40.4. The normalized spacial score (nSPS) is 13.3. The summed E-state index contributed by atoms with van der Waals surface area (Å²) < 4.78 is 32.8. The molecule has 0 aliphatic carbocycles. The maximum atomic E-state index is 12.6. The molecule has 0 spiro atoms. The standard InChI is InChI=1S/C44H86NO8P/c1-3-5-7-9-11-13-15-17-19-21-23-25-27-29-31-33-35-37-44(47)53-42(41-52-54(48,49)51-39-38-45)40-50-43(46)36-34-32-30-28-26-24-22-20-18-16-14-12-10-8-6-4-2/h13,15,42H,3-12,14,16-41,45H2,1-2H3,(H,48,49)/b15-13+/t42-/m1/s1. The second-order valence-corrected chi connectivity index (χ2v) is 16.7. The summed E-state index contributed by atoms with van der Waals surface area (Å²) >= 11 is 0. The van der Waals surface area contributed by atoms with Crippen molar-refractivity contribution in [1.29, 1.82) is 0 Å². The average Bonchev–Trinajstić information content (AvgIpc) is 3.16. The number of ether oxygens (including phenoxy) is 2. The van der Waals surface area contributed by atoms with Gasteiger partial charge < -0.3 is 20.1 Å². The molecule has 0 aromatic heterocycles. The fraction of sp³-hybridized carbons (Fsp3) is 0.909. The largest absolute Gasteiger partial charge is 0.472 e. The maximum Gasteiger partial charge on any atom is 0.472 e. The van der Waals surface area contributed by atoms with E-state index in [1.54, 1.807) is 0 Å². The fourth-order valence-corrected chi connectivity index (χ4v) is 7.28. The van der Waals surface area contributed by atoms with Crippen LogP contribution in [0, 0.1) is 0 Å². The van der Waals surface area contributed by atoms with E-state index in [1.807, 2.05) is 0 Å². The van der Waals surface area contributed by atoms with Gasteiger partial charge >= 0.3 is 19.8 Å². The Bertz CT molecular complexity index is 902. The van der Waals surface area contributed by atoms with Crippen LogP contribution in [-0.2, 0) is 32.7 Å². The summed E-state index contributed by atoms with van der Waals surface area (Å²) in [4.78, 5) is 34.9. The summed E-state index contributed by atoms with van der Waals surface area (Å²) in [7, 11) is -4.37. The van der Waals surface area contributed by atoms with Gasteiger partial charge in [-0.05, 0) is 38.5 Å². The molecule has 10 heteroatoms. The van der Waals surface area contributed by atoms with Gasteiger partial charge in [0.1, 0.15) is 6.61 Å². The van der Waals surface area contributed by atoms with E-state index in [2.05, 4.69) is 26.0 Å². The molecule has 54 heavy (non-hydrogen) atoms. The highest BCUT2D eigenvalue weighted by Gasteiger charge is 2.26. The lowest BCUT2D eigenvalue weighted by Gasteiger charge is -2.19. The third-order valence-corrected chi connectivity index (χ3v) is 10.9. The van der Waals surface area contributed by atoms with Gasteiger partial charge in [0.25, 0.3) is 0 Å². The Morgan fingerprint density at radius 3 is 1.33 bits per heavy atom. The molecule has 0 radical (unpaired) electrons. The van der Waals surface area contributed by atoms with Gasteiger partial charge in [0.15, 0.2) is 6.10 Å². The van der Waals surface area contributed by atoms with Crippen molar-refractivity contribution in [3.8, 4) is 0 Å². The number of esters is 2. The zero-order valence-corrected chi connectivity index (χ0v) is 36.1. The first-order valence-electron chi connectivity index (χ1n) is 22.7. The van der Waals surface area contributed by atoms with Crippen LogP contribution < -0.4 is 5.73 Å². The van der Waals surface area contributed by atoms with Crippen molar-refractivity contribution in [2.45, 2.75) is 232 Å². The van der Waals surface area contributed by atoms with Crippen LogP contribution in [0.15, 0.2) is 12.2 Å². The van der Waals surface area contributed by atoms with Crippen LogP contribution in [0.4, 0.5) is 0 Å². The van der Waals surface area contributed by atoms with E-state index in [-0.39, 0.29) is 38.6 Å². The molecule has 0 aliphatic rings. The monoisotopic (exact) mass is 788 g/mol. The minimum absolute atomic E-state index is 0.0560. The molecule has 0 bridgehead atoms. The van der Waals surface area contributed by atoms with Gasteiger partial charge in [0.2, 0.25) is 0 Å². The quantitative estimate of drug-likeness (QED) is 0.0268. The minimum atomic E-state index is -4.37. The Hall–Kier alpha value is -1.25. The van der Waals surface area contributed by atoms with Crippen LogP contribution in [0.25, 0.3) is 0 Å². The number of rotatable bonds is 43. The summed E-state index contributed by atoms with van der Waals surface area (Å²) in [5, 5.41) is 0. The number of hydrogen-bond acceptors (Lipinski definition) is 8. The number of unbranched alkanes of at least 4 members (excludes halogenated alkanes) is 28. The maximum absolute atomic E-state index is 12.6. The number of hydrogen-bond donors (Lipinski definition) is 2. The molecular formula is C44H86NO8P. The first-order chi connectivity index (χ1) is 26.3. The summed E-state index contributed by atoms with van der Waals surface area (Å²) in [6, 6.07) is 0. The average molecular weight is 788 g/mol. The highest BCUT2D eigenvalue weighted by molar-refractivity contribution is 7.47. The van der Waals surface area contributed by atoms with Crippen molar-refractivity contribution >= 4 is 19.8 Å². The molecule has 320 valence electrons. The zero-order valence-electron chi connectivity index (χ0n) is 35.2. The van der Waals surface area contributed by atoms with Crippen LogP contribution in [0.2, 0.25) is 0 Å². The van der Waals surface area contributed by atoms with E-state index in [0.29, 0.717) is 6.42 Å². The summed E-state index contributed by atoms with van der Waals surface area (Å²) in [5.41, 5.74) is 5.35. The molecule has 0 aromatic rings. The van der Waals surface area contributed by atoms with E-state index in [9.17, 15) is 19.0 Å². The Kier molecular flexibility index (Phi) is 40.4. The number of carbonyl (C=O) groups is 2. The predicted octanol–water partition coefficient (Wildman–Crippen LogP) is 13.0. The molecule has 0 fully saturated rings. The number of carbonyl (C=O) groups excluding carboxylic acids is 2. The van der Waals surface area contributed by atoms with Gasteiger partial charge in [-0.25, -0.2) is 4.57 Å². The molecule has 3 N–H and O–H groups in total. The summed E-state index contributed by atoms with van der Waals surface area (Å²) in [6.07, 6.45) is 42.3. The molecular weight excluding hydrogens is 701 g/mol. The molecule has 0 heterocycles. The molecule has 0 amide bonds.